The van der Waals surface area contributed by atoms with Crippen molar-refractivity contribution in [3.05, 3.63) is 87.4 Å². The molecule has 0 aliphatic rings. The van der Waals surface area contributed by atoms with Crippen LogP contribution in [0.15, 0.2) is 64.6 Å². The average molecular weight is 391 g/mol. The Labute approximate surface area is 164 Å². The molecule has 0 spiro atoms. The maximum atomic E-state index is 13.7. The highest BCUT2D eigenvalue weighted by atomic mass is 19.1. The van der Waals surface area contributed by atoms with Gasteiger partial charge in [0.15, 0.2) is 0 Å². The van der Waals surface area contributed by atoms with Crippen LogP contribution in [0.1, 0.15) is 11.3 Å². The number of aryl methyl sites for hydroxylation is 1. The summed E-state index contributed by atoms with van der Waals surface area (Å²) in [4.78, 5) is 23.0. The molecule has 0 bridgehead atoms. The van der Waals surface area contributed by atoms with Gasteiger partial charge in [-0.05, 0) is 42.8 Å². The fourth-order valence-electron chi connectivity index (χ4n) is 2.62. The van der Waals surface area contributed by atoms with Gasteiger partial charge in [-0.2, -0.15) is 5.26 Å². The molecule has 1 N–H and O–H groups in total. The van der Waals surface area contributed by atoms with Crippen molar-refractivity contribution in [2.24, 2.45) is 0 Å². The summed E-state index contributed by atoms with van der Waals surface area (Å²) in [6.45, 7) is 1.74. The minimum atomic E-state index is -0.808. The Hall–Kier alpha value is -4.25. The number of amides is 1. The molecule has 0 aliphatic heterocycles. The summed E-state index contributed by atoms with van der Waals surface area (Å²) >= 11 is 0. The number of halogens is 1. The molecule has 144 valence electrons. The van der Waals surface area contributed by atoms with Gasteiger partial charge < -0.3 is 9.73 Å². The fourth-order valence-corrected chi connectivity index (χ4v) is 2.62. The summed E-state index contributed by atoms with van der Waals surface area (Å²) in [5.41, 5.74) is 0.507. The second-order valence-corrected chi connectivity index (χ2v) is 6.08. The SMILES string of the molecule is Cc1ccc(-c2ccc(/C=C(\C#N)C(=O)Nc3ccccc3F)o2)c([N+](=O)[O-])c1. The number of nitrogens with one attached hydrogen (secondary N) is 1. The molecule has 1 amide bonds. The van der Waals surface area contributed by atoms with E-state index < -0.39 is 16.6 Å². The minimum absolute atomic E-state index is 0.0611. The maximum Gasteiger partial charge on any atom is 0.280 e. The van der Waals surface area contributed by atoms with E-state index in [1.54, 1.807) is 31.2 Å². The van der Waals surface area contributed by atoms with Crippen molar-refractivity contribution in [1.82, 2.24) is 0 Å². The van der Waals surface area contributed by atoms with E-state index >= 15 is 0 Å². The summed E-state index contributed by atoms with van der Waals surface area (Å²) in [5.74, 6) is -1.08. The molecular weight excluding hydrogens is 377 g/mol. The Balaban J connectivity index is 1.89. The quantitative estimate of drug-likeness (QED) is 0.289. The van der Waals surface area contributed by atoms with E-state index in [4.69, 9.17) is 4.42 Å². The van der Waals surface area contributed by atoms with Crippen LogP contribution in [0.2, 0.25) is 0 Å². The third-order valence-corrected chi connectivity index (χ3v) is 4.02. The molecular formula is C21H14FN3O4. The normalized spacial score (nSPS) is 11.0. The van der Waals surface area contributed by atoms with Gasteiger partial charge in [0.25, 0.3) is 11.6 Å². The van der Waals surface area contributed by atoms with E-state index in [0.717, 1.165) is 5.56 Å². The number of para-hydroxylation sites is 1. The van der Waals surface area contributed by atoms with Crippen LogP contribution >= 0.6 is 0 Å². The second-order valence-electron chi connectivity index (χ2n) is 6.08. The molecule has 1 heterocycles. The number of nitro groups is 1. The lowest BCUT2D eigenvalue weighted by Gasteiger charge is -2.04. The monoisotopic (exact) mass is 391 g/mol. The van der Waals surface area contributed by atoms with Crippen LogP contribution in [0.25, 0.3) is 17.4 Å². The van der Waals surface area contributed by atoms with Crippen LogP contribution in [0.4, 0.5) is 15.8 Å². The first kappa shape index (κ1) is 19.5. The highest BCUT2D eigenvalue weighted by Gasteiger charge is 2.19. The largest absolute Gasteiger partial charge is 0.456 e. The number of rotatable bonds is 5. The van der Waals surface area contributed by atoms with Crippen molar-refractivity contribution < 1.29 is 18.5 Å². The van der Waals surface area contributed by atoms with Gasteiger partial charge in [0, 0.05) is 12.1 Å². The van der Waals surface area contributed by atoms with E-state index in [-0.39, 0.29) is 34.0 Å². The summed E-state index contributed by atoms with van der Waals surface area (Å²) in [7, 11) is 0. The van der Waals surface area contributed by atoms with Crippen LogP contribution in [0, 0.1) is 34.2 Å². The Bertz CT molecular complexity index is 1170. The molecule has 0 atom stereocenters. The Morgan fingerprint density at radius 3 is 2.69 bits per heavy atom. The molecule has 3 rings (SSSR count). The number of hydrogen-bond acceptors (Lipinski definition) is 5. The van der Waals surface area contributed by atoms with Crippen molar-refractivity contribution in [2.75, 3.05) is 5.32 Å². The zero-order valence-electron chi connectivity index (χ0n) is 15.2. The van der Waals surface area contributed by atoms with Crippen molar-refractivity contribution in [3.63, 3.8) is 0 Å². The Kier molecular flexibility index (Phi) is 5.51. The number of anilines is 1. The molecule has 0 fully saturated rings. The highest BCUT2D eigenvalue weighted by Crippen LogP contribution is 2.32. The molecule has 0 aliphatic carbocycles. The van der Waals surface area contributed by atoms with E-state index in [1.807, 2.05) is 0 Å². The summed E-state index contributed by atoms with van der Waals surface area (Å²) in [5, 5.41) is 22.9. The fraction of sp³-hybridized carbons (Fsp3) is 0.0476. The lowest BCUT2D eigenvalue weighted by Crippen LogP contribution is -2.14. The summed E-state index contributed by atoms with van der Waals surface area (Å²) < 4.78 is 19.2. The first-order valence-corrected chi connectivity index (χ1v) is 8.42. The standard InChI is InChI=1S/C21H14FN3O4/c1-13-6-8-16(19(10-13)25(27)28)20-9-7-15(29-20)11-14(12-23)21(26)24-18-5-3-2-4-17(18)22/h2-11H,1H3,(H,24,26)/b14-11+. The second kappa shape index (κ2) is 8.19. The molecule has 0 unspecified atom stereocenters. The Morgan fingerprint density at radius 2 is 2.00 bits per heavy atom. The zero-order chi connectivity index (χ0) is 21.0. The van der Waals surface area contributed by atoms with Crippen molar-refractivity contribution >= 4 is 23.4 Å². The van der Waals surface area contributed by atoms with Crippen LogP contribution in [-0.2, 0) is 4.79 Å². The summed E-state index contributed by atoms with van der Waals surface area (Å²) in [6.07, 6.45) is 1.18. The molecule has 7 nitrogen and oxygen atoms in total. The molecule has 2 aromatic carbocycles. The molecule has 29 heavy (non-hydrogen) atoms. The van der Waals surface area contributed by atoms with E-state index in [1.165, 1.54) is 42.5 Å². The molecule has 0 saturated carbocycles. The predicted octanol–water partition coefficient (Wildman–Crippen LogP) is 4.85. The van der Waals surface area contributed by atoms with Gasteiger partial charge in [-0.1, -0.05) is 18.2 Å². The van der Waals surface area contributed by atoms with Crippen molar-refractivity contribution in [3.8, 4) is 17.4 Å². The Morgan fingerprint density at radius 1 is 1.24 bits per heavy atom. The number of carbonyl (C=O) groups is 1. The topological polar surface area (TPSA) is 109 Å². The number of carbonyl (C=O) groups excluding carboxylic acids is 1. The zero-order valence-corrected chi connectivity index (χ0v) is 15.2. The first-order valence-electron chi connectivity index (χ1n) is 8.42. The molecule has 0 saturated heterocycles. The van der Waals surface area contributed by atoms with Gasteiger partial charge in [-0.25, -0.2) is 4.39 Å². The number of nitriles is 1. The van der Waals surface area contributed by atoms with Gasteiger partial charge in [0.05, 0.1) is 16.2 Å². The molecule has 0 radical (unpaired) electrons. The predicted molar refractivity (Wildman–Crippen MR) is 104 cm³/mol. The van der Waals surface area contributed by atoms with Crippen LogP contribution in [0.5, 0.6) is 0 Å². The number of hydrogen-bond donors (Lipinski definition) is 1. The minimum Gasteiger partial charge on any atom is -0.456 e. The van der Waals surface area contributed by atoms with Gasteiger partial charge in [-0.3, -0.25) is 14.9 Å². The van der Waals surface area contributed by atoms with Gasteiger partial charge in [0.2, 0.25) is 0 Å². The maximum absolute atomic E-state index is 13.7. The number of furan rings is 1. The third-order valence-electron chi connectivity index (χ3n) is 4.02. The number of nitro benzene ring substituents is 1. The average Bonchev–Trinajstić information content (AvgIpc) is 3.16. The van der Waals surface area contributed by atoms with Gasteiger partial charge >= 0.3 is 0 Å². The number of benzene rings is 2. The lowest BCUT2D eigenvalue weighted by atomic mass is 10.1. The van der Waals surface area contributed by atoms with Gasteiger partial charge in [-0.15, -0.1) is 0 Å². The lowest BCUT2D eigenvalue weighted by molar-refractivity contribution is -0.384. The number of nitrogens with zero attached hydrogens (tertiary/aromatic N) is 2. The smallest absolute Gasteiger partial charge is 0.280 e. The molecule has 3 aromatic rings. The van der Waals surface area contributed by atoms with Crippen LogP contribution in [0.3, 0.4) is 0 Å². The summed E-state index contributed by atoms with van der Waals surface area (Å²) in [6, 6.07) is 15.0. The van der Waals surface area contributed by atoms with Crippen molar-refractivity contribution in [1.29, 1.82) is 5.26 Å². The molecule has 1 aromatic heterocycles. The first-order chi connectivity index (χ1) is 13.9. The van der Waals surface area contributed by atoms with E-state index in [9.17, 15) is 24.6 Å². The van der Waals surface area contributed by atoms with Crippen molar-refractivity contribution in [2.45, 2.75) is 6.92 Å². The highest BCUT2D eigenvalue weighted by molar-refractivity contribution is 6.09. The third kappa shape index (κ3) is 4.36. The van der Waals surface area contributed by atoms with Crippen LogP contribution < -0.4 is 5.32 Å². The van der Waals surface area contributed by atoms with E-state index in [2.05, 4.69) is 5.32 Å². The van der Waals surface area contributed by atoms with Gasteiger partial charge in [0.1, 0.15) is 29.0 Å². The molecule has 8 heteroatoms. The van der Waals surface area contributed by atoms with Crippen LogP contribution in [-0.4, -0.2) is 10.8 Å². The van der Waals surface area contributed by atoms with E-state index in [0.29, 0.717) is 0 Å².